The molecule has 0 saturated heterocycles. The van der Waals surface area contributed by atoms with E-state index in [2.05, 4.69) is 4.98 Å². The molecule has 1 rings (SSSR count). The Morgan fingerprint density at radius 3 is 2.73 bits per heavy atom. The van der Waals surface area contributed by atoms with E-state index in [9.17, 15) is 0 Å². The molecule has 0 bridgehead atoms. The highest BCUT2D eigenvalue weighted by molar-refractivity contribution is 7.16. The average molecular weight is 231 g/mol. The first kappa shape index (κ1) is 12.2. The van der Waals surface area contributed by atoms with E-state index >= 15 is 0 Å². The molecule has 1 unspecified atom stereocenters. The van der Waals surface area contributed by atoms with E-state index in [1.807, 2.05) is 19.0 Å². The number of thiazole rings is 1. The number of aliphatic hydroxyl groups is 1. The molecule has 15 heavy (non-hydrogen) atoms. The maximum absolute atomic E-state index is 8.83. The summed E-state index contributed by atoms with van der Waals surface area (Å²) in [6.07, 6.45) is 0.519. The van der Waals surface area contributed by atoms with E-state index in [0.717, 1.165) is 10.0 Å². The lowest BCUT2D eigenvalue weighted by molar-refractivity contribution is 0.275. The van der Waals surface area contributed by atoms with E-state index in [-0.39, 0.29) is 12.6 Å². The number of hydrogen-bond donors (Lipinski definition) is 2. The van der Waals surface area contributed by atoms with Crippen LogP contribution in [-0.2, 0) is 0 Å². The Labute approximate surface area is 93.5 Å². The molecule has 1 heterocycles. The van der Waals surface area contributed by atoms with Gasteiger partial charge in [-0.15, -0.1) is 0 Å². The Balaban J connectivity index is 2.94. The second kappa shape index (κ2) is 5.29. The van der Waals surface area contributed by atoms with Crippen molar-refractivity contribution in [3.63, 3.8) is 0 Å². The SMILES string of the molecule is COc1nc(N(C)C)sc1C(N)CCO. The van der Waals surface area contributed by atoms with Gasteiger partial charge in [0.05, 0.1) is 12.0 Å². The van der Waals surface area contributed by atoms with Crippen molar-refractivity contribution in [1.82, 2.24) is 4.98 Å². The molecule has 6 heteroatoms. The molecule has 86 valence electrons. The summed E-state index contributed by atoms with van der Waals surface area (Å²) in [5.74, 6) is 0.560. The average Bonchev–Trinajstić information content (AvgIpc) is 2.61. The lowest BCUT2D eigenvalue weighted by atomic mass is 10.2. The van der Waals surface area contributed by atoms with E-state index in [1.165, 1.54) is 11.3 Å². The van der Waals surface area contributed by atoms with Gasteiger partial charge in [0, 0.05) is 26.7 Å². The molecule has 0 saturated carbocycles. The summed E-state index contributed by atoms with van der Waals surface area (Å²) in [5.41, 5.74) is 5.91. The largest absolute Gasteiger partial charge is 0.480 e. The predicted molar refractivity (Wildman–Crippen MR) is 61.6 cm³/mol. The minimum absolute atomic E-state index is 0.0690. The van der Waals surface area contributed by atoms with Crippen LogP contribution in [0.4, 0.5) is 5.13 Å². The fourth-order valence-electron chi connectivity index (χ4n) is 1.15. The number of nitrogens with zero attached hydrogens (tertiary/aromatic N) is 2. The van der Waals surface area contributed by atoms with Gasteiger partial charge in [0.1, 0.15) is 0 Å². The number of aromatic nitrogens is 1. The van der Waals surface area contributed by atoms with Crippen LogP contribution in [0.2, 0.25) is 0 Å². The zero-order valence-electron chi connectivity index (χ0n) is 9.23. The Hall–Kier alpha value is -0.850. The van der Waals surface area contributed by atoms with Gasteiger partial charge in [0.25, 0.3) is 0 Å². The fraction of sp³-hybridized carbons (Fsp3) is 0.667. The van der Waals surface area contributed by atoms with Crippen LogP contribution in [0.1, 0.15) is 17.3 Å². The van der Waals surface area contributed by atoms with E-state index in [1.54, 1.807) is 7.11 Å². The highest BCUT2D eigenvalue weighted by atomic mass is 32.1. The zero-order chi connectivity index (χ0) is 11.4. The van der Waals surface area contributed by atoms with Crippen molar-refractivity contribution in [2.45, 2.75) is 12.5 Å². The van der Waals surface area contributed by atoms with Gasteiger partial charge in [-0.3, -0.25) is 0 Å². The first-order valence-corrected chi connectivity index (χ1v) is 5.50. The summed E-state index contributed by atoms with van der Waals surface area (Å²) in [7, 11) is 5.41. The molecular weight excluding hydrogens is 214 g/mol. The van der Waals surface area contributed by atoms with E-state index in [0.29, 0.717) is 12.3 Å². The van der Waals surface area contributed by atoms with Gasteiger partial charge in [-0.2, -0.15) is 4.98 Å². The summed E-state index contributed by atoms with van der Waals surface area (Å²) >= 11 is 1.49. The lowest BCUT2D eigenvalue weighted by Crippen LogP contribution is -2.11. The van der Waals surface area contributed by atoms with E-state index in [4.69, 9.17) is 15.6 Å². The van der Waals surface area contributed by atoms with E-state index < -0.39 is 0 Å². The first-order chi connectivity index (χ1) is 7.10. The van der Waals surface area contributed by atoms with Crippen molar-refractivity contribution in [3.8, 4) is 5.88 Å². The summed E-state index contributed by atoms with van der Waals surface area (Å²) in [5, 5.41) is 9.69. The van der Waals surface area contributed by atoms with Gasteiger partial charge in [-0.25, -0.2) is 0 Å². The van der Waals surface area contributed by atoms with Gasteiger partial charge in [0.15, 0.2) is 5.13 Å². The van der Waals surface area contributed by atoms with Gasteiger partial charge in [-0.05, 0) is 6.42 Å². The molecule has 0 spiro atoms. The van der Waals surface area contributed by atoms with Crippen LogP contribution >= 0.6 is 11.3 Å². The second-order valence-corrected chi connectivity index (χ2v) is 4.39. The molecule has 5 nitrogen and oxygen atoms in total. The smallest absolute Gasteiger partial charge is 0.231 e. The topological polar surface area (TPSA) is 71.6 Å². The molecule has 0 radical (unpaired) electrons. The van der Waals surface area contributed by atoms with Crippen molar-refractivity contribution in [2.24, 2.45) is 5.73 Å². The number of aliphatic hydroxyl groups excluding tert-OH is 1. The monoisotopic (exact) mass is 231 g/mol. The number of anilines is 1. The van der Waals surface area contributed by atoms with Gasteiger partial charge >= 0.3 is 0 Å². The quantitative estimate of drug-likeness (QED) is 0.776. The van der Waals surface area contributed by atoms with Crippen LogP contribution in [0, 0.1) is 0 Å². The van der Waals surface area contributed by atoms with Crippen LogP contribution in [0.3, 0.4) is 0 Å². The van der Waals surface area contributed by atoms with Crippen molar-refractivity contribution in [1.29, 1.82) is 0 Å². The Morgan fingerprint density at radius 1 is 1.60 bits per heavy atom. The van der Waals surface area contributed by atoms with Crippen LogP contribution in [0.15, 0.2) is 0 Å². The van der Waals surface area contributed by atoms with Crippen molar-refractivity contribution in [3.05, 3.63) is 4.88 Å². The van der Waals surface area contributed by atoms with Crippen LogP contribution < -0.4 is 15.4 Å². The molecule has 3 N–H and O–H groups in total. The minimum atomic E-state index is -0.212. The zero-order valence-corrected chi connectivity index (χ0v) is 10.0. The third-order valence-electron chi connectivity index (χ3n) is 1.96. The van der Waals surface area contributed by atoms with Crippen LogP contribution in [0.5, 0.6) is 5.88 Å². The molecule has 1 atom stereocenters. The molecule has 0 fully saturated rings. The van der Waals surface area contributed by atoms with Crippen molar-refractivity contribution < 1.29 is 9.84 Å². The molecule has 0 aliphatic rings. The normalized spacial score (nSPS) is 12.6. The Morgan fingerprint density at radius 2 is 2.27 bits per heavy atom. The molecule has 1 aromatic rings. The van der Waals surface area contributed by atoms with Crippen molar-refractivity contribution >= 4 is 16.5 Å². The highest BCUT2D eigenvalue weighted by Crippen LogP contribution is 2.35. The maximum Gasteiger partial charge on any atom is 0.231 e. The van der Waals surface area contributed by atoms with Gasteiger partial charge < -0.3 is 20.5 Å². The number of nitrogens with two attached hydrogens (primary N) is 1. The Bertz CT molecular complexity index is 314. The Kier molecular flexibility index (Phi) is 4.31. The summed E-state index contributed by atoms with van der Waals surface area (Å²) in [6, 6.07) is -0.212. The molecule has 0 aromatic carbocycles. The number of hydrogen-bond acceptors (Lipinski definition) is 6. The maximum atomic E-state index is 8.83. The third-order valence-corrected chi connectivity index (χ3v) is 3.30. The van der Waals surface area contributed by atoms with Gasteiger partial charge in [-0.1, -0.05) is 11.3 Å². The number of rotatable bonds is 5. The standard InChI is InChI=1S/C9H17N3O2S/c1-12(2)9-11-8(14-3)7(15-9)6(10)4-5-13/h6,13H,4-5,10H2,1-3H3. The molecular formula is C9H17N3O2S. The summed E-state index contributed by atoms with van der Waals surface area (Å²) < 4.78 is 5.15. The first-order valence-electron chi connectivity index (χ1n) is 4.68. The highest BCUT2D eigenvalue weighted by Gasteiger charge is 2.18. The second-order valence-electron chi connectivity index (χ2n) is 3.38. The summed E-state index contributed by atoms with van der Waals surface area (Å²) in [4.78, 5) is 7.08. The fourth-order valence-corrected chi connectivity index (χ4v) is 2.14. The molecule has 0 aliphatic heterocycles. The van der Waals surface area contributed by atoms with Gasteiger partial charge in [0.2, 0.25) is 5.88 Å². The van der Waals surface area contributed by atoms with Crippen LogP contribution in [-0.4, -0.2) is 37.9 Å². The van der Waals surface area contributed by atoms with Crippen molar-refractivity contribution in [2.75, 3.05) is 32.7 Å². The molecule has 1 aromatic heterocycles. The summed E-state index contributed by atoms with van der Waals surface area (Å²) in [6.45, 7) is 0.0690. The molecule has 0 aliphatic carbocycles. The molecule has 0 amide bonds. The third kappa shape index (κ3) is 2.80. The minimum Gasteiger partial charge on any atom is -0.480 e. The van der Waals surface area contributed by atoms with Crippen LogP contribution in [0.25, 0.3) is 0 Å². The number of methoxy groups -OCH3 is 1. The lowest BCUT2D eigenvalue weighted by Gasteiger charge is -2.08. The number of ether oxygens (including phenoxy) is 1. The predicted octanol–water partition coefficient (Wildman–Crippen LogP) is 0.600.